The zero-order chi connectivity index (χ0) is 15.7. The van der Waals surface area contributed by atoms with Crippen LogP contribution in [0.4, 0.5) is 0 Å². The molecule has 0 fully saturated rings. The van der Waals surface area contributed by atoms with E-state index in [-0.39, 0.29) is 12.2 Å². The summed E-state index contributed by atoms with van der Waals surface area (Å²) in [5, 5.41) is 2.31. The Morgan fingerprint density at radius 1 is 0.727 bits per heavy atom. The lowest BCUT2D eigenvalue weighted by Gasteiger charge is -2.25. The van der Waals surface area contributed by atoms with Gasteiger partial charge in [-0.25, -0.2) is 0 Å². The Balaban J connectivity index is 2.31. The second-order valence-electron chi connectivity index (χ2n) is 6.37. The number of ether oxygens (including phenoxy) is 2. The van der Waals surface area contributed by atoms with Crippen LogP contribution in [-0.4, -0.2) is 12.2 Å². The van der Waals surface area contributed by atoms with Gasteiger partial charge in [-0.05, 0) is 40.5 Å². The topological polar surface area (TPSA) is 18.5 Å². The van der Waals surface area contributed by atoms with E-state index in [0.29, 0.717) is 0 Å². The molecule has 0 saturated carbocycles. The van der Waals surface area contributed by atoms with Crippen molar-refractivity contribution in [1.82, 2.24) is 0 Å². The van der Waals surface area contributed by atoms with E-state index in [2.05, 4.69) is 64.1 Å². The van der Waals surface area contributed by atoms with Crippen LogP contribution in [0.25, 0.3) is 10.8 Å². The summed E-state index contributed by atoms with van der Waals surface area (Å²) in [5.41, 5.74) is 2.57. The molecule has 2 nitrogen and oxygen atoms in total. The molecule has 0 unspecified atom stereocenters. The fourth-order valence-corrected chi connectivity index (χ4v) is 3.05. The first kappa shape index (κ1) is 15.0. The number of fused-ring (bicyclic) bond motifs is 2. The van der Waals surface area contributed by atoms with Gasteiger partial charge in [-0.3, -0.25) is 0 Å². The van der Waals surface area contributed by atoms with Crippen LogP contribution in [0, 0.1) is 0 Å². The fraction of sp³-hybridized carbons (Fsp3) is 0.400. The van der Waals surface area contributed by atoms with E-state index in [1.807, 2.05) is 0 Å². The quantitative estimate of drug-likeness (QED) is 0.733. The van der Waals surface area contributed by atoms with Crippen LogP contribution in [-0.2, 0) is 12.8 Å². The van der Waals surface area contributed by atoms with Crippen molar-refractivity contribution in [1.29, 1.82) is 0 Å². The SMILES string of the molecule is CC(C)Oc1c2c(c(OC(C)C)c3ccccc13)CC=CC2. The fourth-order valence-electron chi connectivity index (χ4n) is 3.05. The highest BCUT2D eigenvalue weighted by molar-refractivity contribution is 5.96. The van der Waals surface area contributed by atoms with Gasteiger partial charge >= 0.3 is 0 Å². The molecule has 0 radical (unpaired) electrons. The molecular weight excluding hydrogens is 272 g/mol. The molecule has 2 aromatic carbocycles. The van der Waals surface area contributed by atoms with Gasteiger partial charge in [-0.15, -0.1) is 0 Å². The summed E-state index contributed by atoms with van der Waals surface area (Å²) in [6, 6.07) is 8.41. The molecule has 0 aliphatic heterocycles. The van der Waals surface area contributed by atoms with E-state index in [1.165, 1.54) is 11.1 Å². The summed E-state index contributed by atoms with van der Waals surface area (Å²) in [5.74, 6) is 2.06. The zero-order valence-corrected chi connectivity index (χ0v) is 13.8. The van der Waals surface area contributed by atoms with Crippen molar-refractivity contribution < 1.29 is 9.47 Å². The van der Waals surface area contributed by atoms with E-state index in [4.69, 9.17) is 9.47 Å². The Morgan fingerprint density at radius 3 is 1.50 bits per heavy atom. The maximum atomic E-state index is 6.20. The molecule has 0 spiro atoms. The highest BCUT2D eigenvalue weighted by Gasteiger charge is 2.22. The Morgan fingerprint density at radius 2 is 1.14 bits per heavy atom. The van der Waals surface area contributed by atoms with Crippen LogP contribution >= 0.6 is 0 Å². The van der Waals surface area contributed by atoms with E-state index in [1.54, 1.807) is 0 Å². The first-order chi connectivity index (χ1) is 10.6. The third-order valence-electron chi connectivity index (χ3n) is 3.85. The number of hydrogen-bond donors (Lipinski definition) is 0. The van der Waals surface area contributed by atoms with Crippen molar-refractivity contribution in [3.8, 4) is 11.5 Å². The van der Waals surface area contributed by atoms with E-state index >= 15 is 0 Å². The number of allylic oxidation sites excluding steroid dienone is 2. The minimum Gasteiger partial charge on any atom is -0.490 e. The Labute approximate surface area is 132 Å². The molecule has 0 heterocycles. The van der Waals surface area contributed by atoms with Crippen molar-refractivity contribution >= 4 is 10.8 Å². The van der Waals surface area contributed by atoms with Crippen molar-refractivity contribution in [2.45, 2.75) is 52.7 Å². The summed E-state index contributed by atoms with van der Waals surface area (Å²) in [6.07, 6.45) is 6.60. The van der Waals surface area contributed by atoms with Gasteiger partial charge in [0.2, 0.25) is 0 Å². The number of hydrogen-bond acceptors (Lipinski definition) is 2. The molecule has 1 aliphatic rings. The first-order valence-electron chi connectivity index (χ1n) is 8.12. The van der Waals surface area contributed by atoms with Gasteiger partial charge in [0.15, 0.2) is 0 Å². The Bertz CT molecular complexity index is 651. The van der Waals surface area contributed by atoms with Crippen LogP contribution in [0.1, 0.15) is 38.8 Å². The molecule has 2 heteroatoms. The van der Waals surface area contributed by atoms with Gasteiger partial charge in [0.1, 0.15) is 11.5 Å². The summed E-state index contributed by atoms with van der Waals surface area (Å²) in [6.45, 7) is 8.33. The normalized spacial score (nSPS) is 13.7. The van der Waals surface area contributed by atoms with E-state index < -0.39 is 0 Å². The highest BCUT2D eigenvalue weighted by atomic mass is 16.5. The molecule has 0 N–H and O–H groups in total. The van der Waals surface area contributed by atoms with Crippen molar-refractivity contribution in [2.24, 2.45) is 0 Å². The molecule has 116 valence electrons. The molecule has 0 amide bonds. The molecule has 1 aliphatic carbocycles. The van der Waals surface area contributed by atoms with Gasteiger partial charge in [0.05, 0.1) is 12.2 Å². The van der Waals surface area contributed by atoms with Gasteiger partial charge in [0.25, 0.3) is 0 Å². The number of rotatable bonds is 4. The second kappa shape index (κ2) is 6.04. The van der Waals surface area contributed by atoms with Gasteiger partial charge in [0, 0.05) is 21.9 Å². The predicted molar refractivity (Wildman–Crippen MR) is 92.0 cm³/mol. The monoisotopic (exact) mass is 296 g/mol. The minimum absolute atomic E-state index is 0.162. The molecular formula is C20H24O2. The summed E-state index contributed by atoms with van der Waals surface area (Å²) >= 11 is 0. The van der Waals surface area contributed by atoms with Crippen molar-refractivity contribution in [3.05, 3.63) is 47.5 Å². The van der Waals surface area contributed by atoms with Gasteiger partial charge < -0.3 is 9.47 Å². The zero-order valence-electron chi connectivity index (χ0n) is 13.8. The Hall–Kier alpha value is -1.96. The molecule has 0 bridgehead atoms. The van der Waals surface area contributed by atoms with Crippen molar-refractivity contribution in [2.75, 3.05) is 0 Å². The average Bonchev–Trinajstić information content (AvgIpc) is 2.50. The second-order valence-corrected chi connectivity index (χ2v) is 6.37. The highest BCUT2D eigenvalue weighted by Crippen LogP contribution is 2.43. The van der Waals surface area contributed by atoms with Gasteiger partial charge in [-0.1, -0.05) is 36.4 Å². The molecule has 0 saturated heterocycles. The van der Waals surface area contributed by atoms with Crippen LogP contribution in [0.3, 0.4) is 0 Å². The predicted octanol–water partition coefficient (Wildman–Crippen LogP) is 5.07. The van der Waals surface area contributed by atoms with E-state index in [9.17, 15) is 0 Å². The van der Waals surface area contributed by atoms with Crippen LogP contribution in [0.2, 0.25) is 0 Å². The lowest BCUT2D eigenvalue weighted by Crippen LogP contribution is -2.14. The summed E-state index contributed by atoms with van der Waals surface area (Å²) < 4.78 is 12.4. The molecule has 3 rings (SSSR count). The summed E-state index contributed by atoms with van der Waals surface area (Å²) in [7, 11) is 0. The third kappa shape index (κ3) is 2.70. The van der Waals surface area contributed by atoms with E-state index in [0.717, 1.165) is 35.1 Å². The molecule has 0 atom stereocenters. The maximum Gasteiger partial charge on any atom is 0.131 e. The molecule has 2 aromatic rings. The van der Waals surface area contributed by atoms with Crippen LogP contribution < -0.4 is 9.47 Å². The van der Waals surface area contributed by atoms with Gasteiger partial charge in [-0.2, -0.15) is 0 Å². The lowest BCUT2D eigenvalue weighted by molar-refractivity contribution is 0.236. The average molecular weight is 296 g/mol. The molecule has 0 aromatic heterocycles. The van der Waals surface area contributed by atoms with Crippen molar-refractivity contribution in [3.63, 3.8) is 0 Å². The van der Waals surface area contributed by atoms with Crippen LogP contribution in [0.15, 0.2) is 36.4 Å². The number of benzene rings is 2. The third-order valence-corrected chi connectivity index (χ3v) is 3.85. The smallest absolute Gasteiger partial charge is 0.131 e. The minimum atomic E-state index is 0.162. The summed E-state index contributed by atoms with van der Waals surface area (Å²) in [4.78, 5) is 0. The Kier molecular flexibility index (Phi) is 4.10. The van der Waals surface area contributed by atoms with Crippen LogP contribution in [0.5, 0.6) is 11.5 Å². The standard InChI is InChI=1S/C20H24O2/c1-13(2)21-19-15-9-5-7-11-17(15)20(22-14(3)4)18-12-8-6-10-16(18)19/h5-9,11,13-14H,10,12H2,1-4H3. The molecule has 22 heavy (non-hydrogen) atoms. The first-order valence-corrected chi connectivity index (χ1v) is 8.12. The largest absolute Gasteiger partial charge is 0.490 e. The lowest BCUT2D eigenvalue weighted by atomic mass is 9.90. The maximum absolute atomic E-state index is 6.20.